The maximum absolute atomic E-state index is 6.08. The molecule has 1 unspecified atom stereocenters. The fourth-order valence-corrected chi connectivity index (χ4v) is 2.34. The molecule has 1 aromatic heterocycles. The molecule has 0 aliphatic heterocycles. The van der Waals surface area contributed by atoms with E-state index in [2.05, 4.69) is 38.0 Å². The summed E-state index contributed by atoms with van der Waals surface area (Å²) in [5.74, 6) is 0. The van der Waals surface area contributed by atoms with Gasteiger partial charge in [0.15, 0.2) is 0 Å². The van der Waals surface area contributed by atoms with Gasteiger partial charge in [0.25, 0.3) is 0 Å². The van der Waals surface area contributed by atoms with Crippen LogP contribution in [-0.2, 0) is 0 Å². The van der Waals surface area contributed by atoms with E-state index in [0.717, 1.165) is 23.0 Å². The first kappa shape index (κ1) is 14.8. The average Bonchev–Trinajstić information content (AvgIpc) is 2.30. The first-order valence-corrected chi connectivity index (χ1v) is 7.22. The van der Waals surface area contributed by atoms with Crippen molar-refractivity contribution in [3.63, 3.8) is 0 Å². The maximum atomic E-state index is 6.08. The minimum Gasteiger partial charge on any atom is -0.311 e. The summed E-state index contributed by atoms with van der Waals surface area (Å²) in [5, 5.41) is 5.66. The van der Waals surface area contributed by atoms with Gasteiger partial charge in [-0.25, -0.2) is 4.98 Å². The Balaban J connectivity index is 2.45. The molecule has 1 aromatic rings. The van der Waals surface area contributed by atoms with E-state index in [1.165, 1.54) is 0 Å². The Bertz CT molecular complexity index is 355. The lowest BCUT2D eigenvalue weighted by Crippen LogP contribution is -2.41. The van der Waals surface area contributed by atoms with Gasteiger partial charge in [0, 0.05) is 23.5 Å². The van der Waals surface area contributed by atoms with Crippen LogP contribution in [0.5, 0.6) is 0 Å². The molecule has 1 rings (SSSR count). The second-order valence-electron chi connectivity index (χ2n) is 4.84. The summed E-state index contributed by atoms with van der Waals surface area (Å²) in [6.45, 7) is 9.78. The minimum absolute atomic E-state index is 0.197. The van der Waals surface area contributed by atoms with Crippen LogP contribution >= 0.6 is 23.4 Å². The summed E-state index contributed by atoms with van der Waals surface area (Å²) in [6.07, 6.45) is 2.90. The van der Waals surface area contributed by atoms with Crippen molar-refractivity contribution in [2.24, 2.45) is 0 Å². The molecule has 1 heterocycles. The normalized spacial score (nSPS) is 13.7. The van der Waals surface area contributed by atoms with Crippen LogP contribution in [-0.4, -0.2) is 22.3 Å². The monoisotopic (exact) mass is 272 g/mol. The zero-order valence-corrected chi connectivity index (χ0v) is 12.5. The highest BCUT2D eigenvalue weighted by Crippen LogP contribution is 2.27. The van der Waals surface area contributed by atoms with Crippen molar-refractivity contribution in [3.05, 3.63) is 23.4 Å². The number of halogens is 1. The number of nitrogens with zero attached hydrogens (tertiary/aromatic N) is 1. The molecule has 0 aromatic carbocycles. The van der Waals surface area contributed by atoms with Crippen LogP contribution in [0.1, 0.15) is 34.1 Å². The van der Waals surface area contributed by atoms with Crippen molar-refractivity contribution in [2.75, 3.05) is 6.54 Å². The summed E-state index contributed by atoms with van der Waals surface area (Å²) >= 11 is 7.80. The maximum Gasteiger partial charge on any atom is 0.115 e. The molecule has 17 heavy (non-hydrogen) atoms. The molecule has 0 saturated heterocycles. The molecule has 0 radical (unpaired) electrons. The lowest BCUT2D eigenvalue weighted by molar-refractivity contribution is 0.379. The molecule has 4 heteroatoms. The van der Waals surface area contributed by atoms with E-state index in [0.29, 0.717) is 5.25 Å². The fraction of sp³-hybridized carbons (Fsp3) is 0.615. The molecule has 0 amide bonds. The molecule has 0 saturated carbocycles. The highest BCUT2D eigenvalue weighted by molar-refractivity contribution is 8.00. The van der Waals surface area contributed by atoms with Gasteiger partial charge < -0.3 is 5.32 Å². The van der Waals surface area contributed by atoms with Crippen molar-refractivity contribution >= 4 is 23.4 Å². The summed E-state index contributed by atoms with van der Waals surface area (Å²) in [7, 11) is 0. The van der Waals surface area contributed by atoms with Gasteiger partial charge in [0.2, 0.25) is 0 Å². The van der Waals surface area contributed by atoms with Gasteiger partial charge in [-0.15, -0.1) is 11.8 Å². The SMILES string of the molecule is CCC(C)(C)NCC(C)Sc1ncccc1Cl. The van der Waals surface area contributed by atoms with E-state index < -0.39 is 0 Å². The van der Waals surface area contributed by atoms with Gasteiger partial charge in [-0.05, 0) is 32.4 Å². The van der Waals surface area contributed by atoms with Gasteiger partial charge in [-0.1, -0.05) is 25.4 Å². The summed E-state index contributed by atoms with van der Waals surface area (Å²) in [4.78, 5) is 4.29. The van der Waals surface area contributed by atoms with Crippen molar-refractivity contribution in [1.29, 1.82) is 0 Å². The lowest BCUT2D eigenvalue weighted by atomic mass is 10.0. The Morgan fingerprint density at radius 2 is 2.24 bits per heavy atom. The number of thioether (sulfide) groups is 1. The van der Waals surface area contributed by atoms with Crippen LogP contribution < -0.4 is 5.32 Å². The third-order valence-corrected chi connectivity index (χ3v) is 4.32. The Morgan fingerprint density at radius 3 is 2.82 bits per heavy atom. The van der Waals surface area contributed by atoms with Gasteiger partial charge in [0.05, 0.1) is 5.02 Å². The van der Waals surface area contributed by atoms with Crippen LogP contribution in [0.3, 0.4) is 0 Å². The second kappa shape index (κ2) is 6.62. The van der Waals surface area contributed by atoms with Crippen molar-refractivity contribution in [2.45, 2.75) is 49.9 Å². The molecule has 0 bridgehead atoms. The van der Waals surface area contributed by atoms with Crippen LogP contribution in [0.2, 0.25) is 5.02 Å². The third kappa shape index (κ3) is 5.28. The Hall–Kier alpha value is -0.250. The smallest absolute Gasteiger partial charge is 0.115 e. The molecule has 0 aliphatic rings. The lowest BCUT2D eigenvalue weighted by Gasteiger charge is -2.26. The number of rotatable bonds is 6. The van der Waals surface area contributed by atoms with E-state index in [1.807, 2.05) is 12.1 Å². The Labute approximate surface area is 114 Å². The van der Waals surface area contributed by atoms with Gasteiger partial charge in [-0.3, -0.25) is 0 Å². The first-order chi connectivity index (χ1) is 7.94. The second-order valence-corrected chi connectivity index (χ2v) is 6.67. The van der Waals surface area contributed by atoms with Crippen molar-refractivity contribution in [1.82, 2.24) is 10.3 Å². The summed E-state index contributed by atoms with van der Waals surface area (Å²) in [6, 6.07) is 3.74. The molecule has 0 aliphatic carbocycles. The number of hydrogen-bond acceptors (Lipinski definition) is 3. The predicted molar refractivity (Wildman–Crippen MR) is 76.9 cm³/mol. The van der Waals surface area contributed by atoms with E-state index >= 15 is 0 Å². The van der Waals surface area contributed by atoms with Gasteiger partial charge in [-0.2, -0.15) is 0 Å². The third-order valence-electron chi connectivity index (χ3n) is 2.79. The Morgan fingerprint density at radius 1 is 1.53 bits per heavy atom. The predicted octanol–water partition coefficient (Wildman–Crippen LogP) is 3.99. The number of nitrogens with one attached hydrogen (secondary N) is 1. The molecule has 0 fully saturated rings. The van der Waals surface area contributed by atoms with Crippen molar-refractivity contribution in [3.8, 4) is 0 Å². The summed E-state index contributed by atoms with van der Waals surface area (Å²) < 4.78 is 0. The van der Waals surface area contributed by atoms with Crippen molar-refractivity contribution < 1.29 is 0 Å². The zero-order chi connectivity index (χ0) is 12.9. The quantitative estimate of drug-likeness (QED) is 0.793. The largest absolute Gasteiger partial charge is 0.311 e. The number of pyridine rings is 1. The van der Waals surface area contributed by atoms with Gasteiger partial charge in [0.1, 0.15) is 5.03 Å². The topological polar surface area (TPSA) is 24.9 Å². The molecule has 2 nitrogen and oxygen atoms in total. The first-order valence-electron chi connectivity index (χ1n) is 5.97. The van der Waals surface area contributed by atoms with Crippen LogP contribution in [0, 0.1) is 0 Å². The number of hydrogen-bond donors (Lipinski definition) is 1. The molecule has 0 spiro atoms. The zero-order valence-electron chi connectivity index (χ0n) is 11.0. The Kier molecular flexibility index (Phi) is 5.77. The summed E-state index contributed by atoms with van der Waals surface area (Å²) in [5.41, 5.74) is 0.197. The minimum atomic E-state index is 0.197. The van der Waals surface area contributed by atoms with Crippen LogP contribution in [0.25, 0.3) is 0 Å². The molecule has 1 atom stereocenters. The van der Waals surface area contributed by atoms with E-state index in [-0.39, 0.29) is 5.54 Å². The van der Waals surface area contributed by atoms with Gasteiger partial charge >= 0.3 is 0 Å². The highest BCUT2D eigenvalue weighted by Gasteiger charge is 2.16. The van der Waals surface area contributed by atoms with Crippen LogP contribution in [0.4, 0.5) is 0 Å². The van der Waals surface area contributed by atoms with E-state index in [1.54, 1.807) is 18.0 Å². The van der Waals surface area contributed by atoms with E-state index in [9.17, 15) is 0 Å². The molecular formula is C13H21ClN2S. The molecular weight excluding hydrogens is 252 g/mol. The van der Waals surface area contributed by atoms with E-state index in [4.69, 9.17) is 11.6 Å². The fourth-order valence-electron chi connectivity index (χ4n) is 1.24. The highest BCUT2D eigenvalue weighted by atomic mass is 35.5. The number of aromatic nitrogens is 1. The molecule has 96 valence electrons. The van der Waals surface area contributed by atoms with Crippen LogP contribution in [0.15, 0.2) is 23.4 Å². The standard InChI is InChI=1S/C13H21ClN2S/c1-5-13(3,4)16-9-10(2)17-12-11(14)7-6-8-15-12/h6-8,10,16H,5,9H2,1-4H3. The molecule has 1 N–H and O–H groups in total. The average molecular weight is 273 g/mol.